The molecule has 144 valence electrons. The van der Waals surface area contributed by atoms with Crippen molar-refractivity contribution in [2.75, 3.05) is 33.6 Å². The van der Waals surface area contributed by atoms with Gasteiger partial charge in [0, 0.05) is 26.6 Å². The Labute approximate surface area is 159 Å². The highest BCUT2D eigenvalue weighted by molar-refractivity contribution is 7.15. The standard InChI is InChI=1S/C19H28N2O4S/c1-12(24-7)15(17(22)21(5)6)20-14-11-13(9-10-19(2,3)4)26-16(14)18(23)25-8/h11-12,15,20H,1-8H3. The predicted octanol–water partition coefficient (Wildman–Crippen LogP) is 2.84. The molecule has 0 saturated heterocycles. The number of carbonyl (C=O) groups excluding carboxylic acids is 2. The number of nitrogens with zero attached hydrogens (tertiary/aromatic N) is 1. The Morgan fingerprint density at radius 2 is 1.88 bits per heavy atom. The normalized spacial score (nSPS) is 13.2. The molecule has 0 bridgehead atoms. The van der Waals surface area contributed by atoms with Gasteiger partial charge >= 0.3 is 5.97 Å². The summed E-state index contributed by atoms with van der Waals surface area (Å²) >= 11 is 1.24. The predicted molar refractivity (Wildman–Crippen MR) is 105 cm³/mol. The number of anilines is 1. The first-order chi connectivity index (χ1) is 12.0. The van der Waals surface area contributed by atoms with Gasteiger partial charge in [0.15, 0.2) is 0 Å². The Morgan fingerprint density at radius 1 is 1.27 bits per heavy atom. The first-order valence-corrected chi connectivity index (χ1v) is 9.07. The largest absolute Gasteiger partial charge is 0.465 e. The van der Waals surface area contributed by atoms with Crippen molar-refractivity contribution in [3.63, 3.8) is 0 Å². The van der Waals surface area contributed by atoms with Crippen LogP contribution in [0, 0.1) is 17.3 Å². The molecule has 0 radical (unpaired) electrons. The van der Waals surface area contributed by atoms with Crippen molar-refractivity contribution in [3.8, 4) is 11.8 Å². The van der Waals surface area contributed by atoms with Gasteiger partial charge in [-0.05, 0) is 33.8 Å². The molecule has 0 aliphatic rings. The molecule has 1 heterocycles. The zero-order valence-corrected chi connectivity index (χ0v) is 17.5. The van der Waals surface area contributed by atoms with E-state index in [2.05, 4.69) is 17.2 Å². The molecule has 0 fully saturated rings. The molecule has 1 aromatic rings. The van der Waals surface area contributed by atoms with E-state index in [1.807, 2.05) is 20.8 Å². The summed E-state index contributed by atoms with van der Waals surface area (Å²) in [4.78, 5) is 27.2. The number of hydrogen-bond acceptors (Lipinski definition) is 6. The van der Waals surface area contributed by atoms with Gasteiger partial charge in [-0.2, -0.15) is 0 Å². The maximum atomic E-state index is 12.5. The number of hydrogen-bond donors (Lipinski definition) is 1. The lowest BCUT2D eigenvalue weighted by atomic mass is 9.98. The number of amides is 1. The van der Waals surface area contributed by atoms with Crippen LogP contribution >= 0.6 is 11.3 Å². The molecule has 2 unspecified atom stereocenters. The van der Waals surface area contributed by atoms with Crippen LogP contribution in [0.15, 0.2) is 6.07 Å². The Kier molecular flexibility index (Phi) is 7.67. The van der Waals surface area contributed by atoms with Gasteiger partial charge in [0.1, 0.15) is 10.9 Å². The van der Waals surface area contributed by atoms with E-state index in [-0.39, 0.29) is 17.4 Å². The van der Waals surface area contributed by atoms with Crippen LogP contribution in [0.2, 0.25) is 0 Å². The van der Waals surface area contributed by atoms with E-state index in [1.165, 1.54) is 30.5 Å². The molecule has 26 heavy (non-hydrogen) atoms. The summed E-state index contributed by atoms with van der Waals surface area (Å²) in [5.74, 6) is 5.61. The average Bonchev–Trinajstić information content (AvgIpc) is 2.98. The summed E-state index contributed by atoms with van der Waals surface area (Å²) in [5, 5.41) is 3.14. The van der Waals surface area contributed by atoms with Crippen molar-refractivity contribution in [3.05, 3.63) is 15.8 Å². The summed E-state index contributed by atoms with van der Waals surface area (Å²) < 4.78 is 10.2. The molecule has 0 aromatic carbocycles. The van der Waals surface area contributed by atoms with E-state index in [0.29, 0.717) is 10.6 Å². The molecule has 2 atom stereocenters. The molecule has 0 aliphatic carbocycles. The van der Waals surface area contributed by atoms with Crippen molar-refractivity contribution >= 4 is 28.9 Å². The van der Waals surface area contributed by atoms with Gasteiger partial charge in [-0.15, -0.1) is 11.3 Å². The highest BCUT2D eigenvalue weighted by Crippen LogP contribution is 2.29. The van der Waals surface area contributed by atoms with E-state index in [1.54, 1.807) is 27.1 Å². The van der Waals surface area contributed by atoms with Crippen LogP contribution in [-0.4, -0.2) is 57.2 Å². The Morgan fingerprint density at radius 3 is 2.35 bits per heavy atom. The number of carbonyl (C=O) groups is 2. The molecule has 1 amide bonds. The molecule has 1 rings (SSSR count). The second-order valence-electron chi connectivity index (χ2n) is 7.14. The van der Waals surface area contributed by atoms with Crippen LogP contribution in [0.3, 0.4) is 0 Å². The van der Waals surface area contributed by atoms with Crippen molar-refractivity contribution < 1.29 is 19.1 Å². The number of methoxy groups -OCH3 is 2. The van der Waals surface area contributed by atoms with Crippen LogP contribution in [-0.2, 0) is 14.3 Å². The summed E-state index contributed by atoms with van der Waals surface area (Å²) in [7, 11) is 6.22. The van der Waals surface area contributed by atoms with E-state index < -0.39 is 12.0 Å². The Bertz CT molecular complexity index is 707. The lowest BCUT2D eigenvalue weighted by Gasteiger charge is -2.26. The van der Waals surface area contributed by atoms with Crippen molar-refractivity contribution in [2.45, 2.75) is 39.8 Å². The molecule has 1 aromatic heterocycles. The number of likely N-dealkylation sites (N-methyl/N-ethyl adjacent to an activating group) is 1. The van der Waals surface area contributed by atoms with Crippen LogP contribution in [0.25, 0.3) is 0 Å². The molecular formula is C19H28N2O4S. The number of esters is 1. The number of thiophene rings is 1. The fourth-order valence-corrected chi connectivity index (χ4v) is 2.91. The average molecular weight is 381 g/mol. The molecule has 7 heteroatoms. The highest BCUT2D eigenvalue weighted by Gasteiger charge is 2.29. The Balaban J connectivity index is 3.30. The van der Waals surface area contributed by atoms with Gasteiger partial charge in [0.25, 0.3) is 0 Å². The number of rotatable bonds is 6. The monoisotopic (exact) mass is 380 g/mol. The maximum Gasteiger partial charge on any atom is 0.350 e. The SMILES string of the molecule is COC(=O)c1sc(C#CC(C)(C)C)cc1NC(C(=O)N(C)C)C(C)OC. The quantitative estimate of drug-likeness (QED) is 0.607. The lowest BCUT2D eigenvalue weighted by molar-refractivity contribution is -0.132. The van der Waals surface area contributed by atoms with Crippen LogP contribution in [0.5, 0.6) is 0 Å². The smallest absolute Gasteiger partial charge is 0.350 e. The van der Waals surface area contributed by atoms with Gasteiger partial charge < -0.3 is 19.7 Å². The van der Waals surface area contributed by atoms with Crippen molar-refractivity contribution in [2.24, 2.45) is 5.41 Å². The molecular weight excluding hydrogens is 352 g/mol. The minimum absolute atomic E-state index is 0.149. The van der Waals surface area contributed by atoms with Gasteiger partial charge in [-0.1, -0.05) is 11.8 Å². The van der Waals surface area contributed by atoms with Crippen molar-refractivity contribution in [1.29, 1.82) is 0 Å². The van der Waals surface area contributed by atoms with Crippen LogP contribution < -0.4 is 5.32 Å². The summed E-state index contributed by atoms with van der Waals surface area (Å²) in [6.07, 6.45) is -0.389. The number of nitrogens with one attached hydrogen (secondary N) is 1. The molecule has 0 saturated carbocycles. The third-order valence-corrected chi connectivity index (χ3v) is 4.55. The van der Waals surface area contributed by atoms with Gasteiger partial charge in [0.05, 0.1) is 23.8 Å². The van der Waals surface area contributed by atoms with Crippen LogP contribution in [0.1, 0.15) is 42.2 Å². The molecule has 1 N–H and O–H groups in total. The third kappa shape index (κ3) is 6.04. The fraction of sp³-hybridized carbons (Fsp3) is 0.579. The first-order valence-electron chi connectivity index (χ1n) is 8.26. The van der Waals surface area contributed by atoms with E-state index in [4.69, 9.17) is 9.47 Å². The number of ether oxygens (including phenoxy) is 2. The van der Waals surface area contributed by atoms with Gasteiger partial charge in [0.2, 0.25) is 5.91 Å². The third-order valence-electron chi connectivity index (χ3n) is 3.52. The van der Waals surface area contributed by atoms with Crippen molar-refractivity contribution in [1.82, 2.24) is 4.90 Å². The second kappa shape index (κ2) is 9.06. The molecule has 0 spiro atoms. The summed E-state index contributed by atoms with van der Waals surface area (Å²) in [6.45, 7) is 7.84. The van der Waals surface area contributed by atoms with E-state index >= 15 is 0 Å². The zero-order chi connectivity index (χ0) is 20.1. The summed E-state index contributed by atoms with van der Waals surface area (Å²) in [5.41, 5.74) is 0.362. The minimum Gasteiger partial charge on any atom is -0.465 e. The summed E-state index contributed by atoms with van der Waals surface area (Å²) in [6, 6.07) is 1.13. The molecule has 6 nitrogen and oxygen atoms in total. The van der Waals surface area contributed by atoms with Gasteiger partial charge in [-0.25, -0.2) is 4.79 Å². The van der Waals surface area contributed by atoms with E-state index in [0.717, 1.165) is 4.88 Å². The van der Waals surface area contributed by atoms with Crippen LogP contribution in [0.4, 0.5) is 5.69 Å². The second-order valence-corrected chi connectivity index (χ2v) is 8.19. The fourth-order valence-electron chi connectivity index (χ4n) is 2.01. The maximum absolute atomic E-state index is 12.5. The molecule has 0 aliphatic heterocycles. The minimum atomic E-state index is -0.642. The highest BCUT2D eigenvalue weighted by atomic mass is 32.1. The lowest BCUT2D eigenvalue weighted by Crippen LogP contribution is -2.46. The zero-order valence-electron chi connectivity index (χ0n) is 16.7. The first kappa shape index (κ1) is 22.0. The van der Waals surface area contributed by atoms with E-state index in [9.17, 15) is 9.59 Å². The topological polar surface area (TPSA) is 67.9 Å². The Hall–Kier alpha value is -2.04. The van der Waals surface area contributed by atoms with Gasteiger partial charge in [-0.3, -0.25) is 4.79 Å².